The van der Waals surface area contributed by atoms with Crippen LogP contribution in [0.4, 0.5) is 0 Å². The highest BCUT2D eigenvalue weighted by atomic mass is 79.9. The molecule has 0 radical (unpaired) electrons. The van der Waals surface area contributed by atoms with Gasteiger partial charge in [-0.1, -0.05) is 33.6 Å². The van der Waals surface area contributed by atoms with Crippen LogP contribution in [-0.2, 0) is 6.54 Å². The van der Waals surface area contributed by atoms with Gasteiger partial charge in [-0.2, -0.15) is 0 Å². The summed E-state index contributed by atoms with van der Waals surface area (Å²) < 4.78 is 8.85. The summed E-state index contributed by atoms with van der Waals surface area (Å²) >= 11 is 6.87. The number of fused-ring (bicyclic) bond motifs is 1. The van der Waals surface area contributed by atoms with Crippen molar-refractivity contribution in [2.24, 2.45) is 0 Å². The normalized spacial score (nSPS) is 11.3. The molecular weight excluding hydrogens is 476 g/mol. The van der Waals surface area contributed by atoms with E-state index in [0.717, 1.165) is 20.1 Å². The predicted molar refractivity (Wildman–Crippen MR) is 110 cm³/mol. The van der Waals surface area contributed by atoms with Crippen molar-refractivity contribution in [2.45, 2.75) is 20.4 Å². The Balaban J connectivity index is 1.74. The molecular formula is C19H14Br2N4O2. The molecule has 2 aromatic heterocycles. The zero-order chi connectivity index (χ0) is 19.1. The molecule has 0 spiro atoms. The van der Waals surface area contributed by atoms with Crippen molar-refractivity contribution in [1.29, 1.82) is 0 Å². The van der Waals surface area contributed by atoms with Crippen molar-refractivity contribution < 1.29 is 4.42 Å². The van der Waals surface area contributed by atoms with E-state index in [1.807, 2.05) is 37.3 Å². The van der Waals surface area contributed by atoms with Crippen LogP contribution in [0.15, 0.2) is 54.6 Å². The molecule has 136 valence electrons. The lowest BCUT2D eigenvalue weighted by Gasteiger charge is -2.10. The van der Waals surface area contributed by atoms with Gasteiger partial charge in [-0.25, -0.2) is 4.98 Å². The van der Waals surface area contributed by atoms with Gasteiger partial charge in [-0.15, -0.1) is 10.2 Å². The minimum absolute atomic E-state index is 0.158. The van der Waals surface area contributed by atoms with E-state index in [9.17, 15) is 4.79 Å². The molecule has 2 aromatic carbocycles. The summed E-state index contributed by atoms with van der Waals surface area (Å²) in [5, 5.41) is 8.69. The van der Waals surface area contributed by atoms with Gasteiger partial charge in [0.15, 0.2) is 0 Å². The molecule has 4 aromatic rings. The predicted octanol–water partition coefficient (Wildman–Crippen LogP) is 4.64. The fraction of sp³-hybridized carbons (Fsp3) is 0.158. The first-order chi connectivity index (χ1) is 12.9. The molecule has 0 amide bonds. The molecule has 0 aliphatic heterocycles. The van der Waals surface area contributed by atoms with Crippen LogP contribution in [-0.4, -0.2) is 19.7 Å². The van der Waals surface area contributed by atoms with Crippen LogP contribution in [0.5, 0.6) is 0 Å². The number of aromatic nitrogens is 4. The molecule has 0 unspecified atom stereocenters. The topological polar surface area (TPSA) is 73.8 Å². The van der Waals surface area contributed by atoms with Crippen molar-refractivity contribution >= 4 is 42.8 Å². The van der Waals surface area contributed by atoms with E-state index in [1.54, 1.807) is 13.0 Å². The maximum atomic E-state index is 13.0. The van der Waals surface area contributed by atoms with Crippen LogP contribution >= 0.6 is 31.9 Å². The maximum absolute atomic E-state index is 13.0. The van der Waals surface area contributed by atoms with E-state index in [2.05, 4.69) is 47.0 Å². The summed E-state index contributed by atoms with van der Waals surface area (Å²) in [7, 11) is 0. The lowest BCUT2D eigenvalue weighted by molar-refractivity contribution is 0.480. The van der Waals surface area contributed by atoms with E-state index in [4.69, 9.17) is 4.42 Å². The summed E-state index contributed by atoms with van der Waals surface area (Å²) in [5.74, 6) is 1.35. The van der Waals surface area contributed by atoms with Crippen molar-refractivity contribution in [3.63, 3.8) is 0 Å². The van der Waals surface area contributed by atoms with Crippen LogP contribution in [0.25, 0.3) is 22.4 Å². The lowest BCUT2D eigenvalue weighted by atomic mass is 10.1. The van der Waals surface area contributed by atoms with Crippen LogP contribution in [0.3, 0.4) is 0 Å². The minimum Gasteiger partial charge on any atom is -0.419 e. The number of benzene rings is 2. The molecule has 6 nitrogen and oxygen atoms in total. The van der Waals surface area contributed by atoms with Crippen molar-refractivity contribution in [3.05, 3.63) is 73.0 Å². The van der Waals surface area contributed by atoms with Crippen LogP contribution in [0.1, 0.15) is 17.3 Å². The van der Waals surface area contributed by atoms with Crippen LogP contribution in [0, 0.1) is 13.8 Å². The van der Waals surface area contributed by atoms with Crippen molar-refractivity contribution in [2.75, 3.05) is 0 Å². The summed E-state index contributed by atoms with van der Waals surface area (Å²) in [4.78, 5) is 17.5. The van der Waals surface area contributed by atoms with E-state index in [0.29, 0.717) is 28.5 Å². The van der Waals surface area contributed by atoms with Crippen molar-refractivity contribution in [1.82, 2.24) is 19.7 Å². The number of aryl methyl sites for hydroxylation is 2. The largest absolute Gasteiger partial charge is 0.419 e. The molecule has 2 heterocycles. The average molecular weight is 490 g/mol. The highest BCUT2D eigenvalue weighted by Crippen LogP contribution is 2.25. The Labute approximate surface area is 171 Å². The van der Waals surface area contributed by atoms with Crippen molar-refractivity contribution in [3.8, 4) is 11.5 Å². The van der Waals surface area contributed by atoms with E-state index >= 15 is 0 Å². The third-order valence-corrected chi connectivity index (χ3v) is 5.29. The van der Waals surface area contributed by atoms with Gasteiger partial charge >= 0.3 is 0 Å². The first kappa shape index (κ1) is 18.1. The molecule has 0 aliphatic carbocycles. The SMILES string of the molecule is Cc1ccc(-c2nnc(Cn3c(C)nc4c(Br)cc(Br)cc4c3=O)o2)cc1. The number of halogens is 2. The monoisotopic (exact) mass is 488 g/mol. The second kappa shape index (κ2) is 7.01. The highest BCUT2D eigenvalue weighted by Gasteiger charge is 2.15. The Morgan fingerprint density at radius 1 is 1.07 bits per heavy atom. The van der Waals surface area contributed by atoms with Gasteiger partial charge < -0.3 is 4.42 Å². The molecule has 0 fully saturated rings. The Morgan fingerprint density at radius 2 is 1.81 bits per heavy atom. The minimum atomic E-state index is -0.158. The summed E-state index contributed by atoms with van der Waals surface area (Å²) in [5.41, 5.74) is 2.46. The fourth-order valence-corrected chi connectivity index (χ4v) is 4.12. The lowest BCUT2D eigenvalue weighted by Crippen LogP contribution is -2.24. The van der Waals surface area contributed by atoms with Gasteiger partial charge in [0.2, 0.25) is 11.8 Å². The molecule has 0 aliphatic rings. The molecule has 4 rings (SSSR count). The van der Waals surface area contributed by atoms with Gasteiger partial charge in [-0.3, -0.25) is 9.36 Å². The Bertz CT molecular complexity index is 1210. The molecule has 27 heavy (non-hydrogen) atoms. The Morgan fingerprint density at radius 3 is 2.56 bits per heavy atom. The molecule has 8 heteroatoms. The number of nitrogens with zero attached hydrogens (tertiary/aromatic N) is 4. The quantitative estimate of drug-likeness (QED) is 0.419. The second-order valence-electron chi connectivity index (χ2n) is 6.20. The van der Waals surface area contributed by atoms with Crippen LogP contribution < -0.4 is 5.56 Å². The Kier molecular flexibility index (Phi) is 4.69. The van der Waals surface area contributed by atoms with Gasteiger partial charge in [0, 0.05) is 14.5 Å². The summed E-state index contributed by atoms with van der Waals surface area (Å²) in [6.07, 6.45) is 0. The van der Waals surface area contributed by atoms with E-state index in [1.165, 1.54) is 4.57 Å². The average Bonchev–Trinajstić information content (AvgIpc) is 3.09. The third kappa shape index (κ3) is 3.46. The summed E-state index contributed by atoms with van der Waals surface area (Å²) in [6, 6.07) is 11.4. The number of hydrogen-bond acceptors (Lipinski definition) is 5. The zero-order valence-electron chi connectivity index (χ0n) is 14.5. The highest BCUT2D eigenvalue weighted by molar-refractivity contribution is 9.11. The zero-order valence-corrected chi connectivity index (χ0v) is 17.7. The van der Waals surface area contributed by atoms with E-state index < -0.39 is 0 Å². The smallest absolute Gasteiger partial charge is 0.261 e. The molecule has 0 atom stereocenters. The molecule has 0 saturated heterocycles. The molecule has 0 N–H and O–H groups in total. The van der Waals surface area contributed by atoms with Gasteiger partial charge in [-0.05, 0) is 54.0 Å². The van der Waals surface area contributed by atoms with Gasteiger partial charge in [0.05, 0.1) is 10.9 Å². The second-order valence-corrected chi connectivity index (χ2v) is 7.97. The van der Waals surface area contributed by atoms with Gasteiger partial charge in [0.1, 0.15) is 12.4 Å². The first-order valence-electron chi connectivity index (χ1n) is 8.18. The number of hydrogen-bond donors (Lipinski definition) is 0. The third-order valence-electron chi connectivity index (χ3n) is 4.23. The van der Waals surface area contributed by atoms with Crippen LogP contribution in [0.2, 0.25) is 0 Å². The van der Waals surface area contributed by atoms with E-state index in [-0.39, 0.29) is 12.1 Å². The maximum Gasteiger partial charge on any atom is 0.261 e. The first-order valence-corrected chi connectivity index (χ1v) is 9.76. The Hall–Kier alpha value is -2.32. The molecule has 0 saturated carbocycles. The summed E-state index contributed by atoms with van der Waals surface area (Å²) in [6.45, 7) is 3.96. The number of rotatable bonds is 3. The molecule has 0 bridgehead atoms. The standard InChI is InChI=1S/C19H14Br2N4O2/c1-10-3-5-12(6-4-10)18-24-23-16(27-18)9-25-11(2)22-17-14(19(25)26)7-13(20)8-15(17)21/h3-8H,9H2,1-2H3. The van der Waals surface area contributed by atoms with Gasteiger partial charge in [0.25, 0.3) is 5.56 Å². The fourth-order valence-electron chi connectivity index (χ4n) is 2.81.